The van der Waals surface area contributed by atoms with Crippen molar-refractivity contribution in [1.82, 2.24) is 9.97 Å². The number of rotatable bonds is 3. The third kappa shape index (κ3) is 3.29. The summed E-state index contributed by atoms with van der Waals surface area (Å²) < 4.78 is 0. The minimum absolute atomic E-state index is 0.490. The third-order valence-corrected chi connectivity index (χ3v) is 4.34. The number of nitrogens with zero attached hydrogens (tertiary/aromatic N) is 2. The molecule has 94 valence electrons. The Balaban J connectivity index is 2.18. The summed E-state index contributed by atoms with van der Waals surface area (Å²) >= 11 is 19.7. The molecule has 2 nitrogen and oxygen atoms in total. The zero-order valence-electron chi connectivity index (χ0n) is 9.45. The van der Waals surface area contributed by atoms with Crippen molar-refractivity contribution in [3.05, 3.63) is 50.7 Å². The molecule has 1 heterocycles. The summed E-state index contributed by atoms with van der Waals surface area (Å²) in [5, 5.41) is 2.29. The molecule has 0 amide bonds. The lowest BCUT2D eigenvalue weighted by molar-refractivity contribution is 0.932. The van der Waals surface area contributed by atoms with Gasteiger partial charge in [-0.2, -0.15) is 0 Å². The molecule has 1 aromatic carbocycles. The molecule has 0 N–H and O–H groups in total. The van der Waals surface area contributed by atoms with Crippen LogP contribution < -0.4 is 0 Å². The van der Waals surface area contributed by atoms with Crippen LogP contribution in [-0.4, -0.2) is 9.97 Å². The van der Waals surface area contributed by atoms with Gasteiger partial charge in [0.1, 0.15) is 0 Å². The van der Waals surface area contributed by atoms with Crippen LogP contribution in [0.25, 0.3) is 0 Å². The smallest absolute Gasteiger partial charge is 0.188 e. The molecule has 0 aliphatic rings. The first kappa shape index (κ1) is 13.9. The first-order chi connectivity index (χ1) is 8.58. The van der Waals surface area contributed by atoms with Gasteiger partial charge < -0.3 is 0 Å². The summed E-state index contributed by atoms with van der Waals surface area (Å²) in [6.45, 7) is 1.92. The van der Waals surface area contributed by atoms with E-state index >= 15 is 0 Å². The number of benzene rings is 1. The van der Waals surface area contributed by atoms with E-state index in [1.165, 1.54) is 11.8 Å². The molecule has 0 saturated carbocycles. The number of thioether (sulfide) groups is 1. The third-order valence-electron chi connectivity index (χ3n) is 2.26. The molecule has 0 unspecified atom stereocenters. The van der Waals surface area contributed by atoms with E-state index in [4.69, 9.17) is 34.8 Å². The Labute approximate surface area is 125 Å². The Bertz CT molecular complexity index is 575. The van der Waals surface area contributed by atoms with Gasteiger partial charge in [0, 0.05) is 28.2 Å². The van der Waals surface area contributed by atoms with E-state index in [2.05, 4.69) is 9.97 Å². The van der Waals surface area contributed by atoms with Crippen molar-refractivity contribution in [2.45, 2.75) is 17.8 Å². The molecule has 6 heteroatoms. The van der Waals surface area contributed by atoms with Crippen LogP contribution in [0.5, 0.6) is 0 Å². The summed E-state index contributed by atoms with van der Waals surface area (Å²) in [5.41, 5.74) is 1.73. The second-order valence-electron chi connectivity index (χ2n) is 3.59. The summed E-state index contributed by atoms with van der Waals surface area (Å²) in [4.78, 5) is 8.47. The van der Waals surface area contributed by atoms with Gasteiger partial charge in [-0.25, -0.2) is 9.97 Å². The number of aromatic nitrogens is 2. The normalized spacial score (nSPS) is 10.7. The van der Waals surface area contributed by atoms with Crippen LogP contribution in [0.4, 0.5) is 0 Å². The van der Waals surface area contributed by atoms with E-state index in [0.29, 0.717) is 26.0 Å². The molecule has 18 heavy (non-hydrogen) atoms. The second-order valence-corrected chi connectivity index (χ2v) is 5.73. The largest absolute Gasteiger partial charge is 0.231 e. The molecule has 1 aromatic heterocycles. The highest BCUT2D eigenvalue weighted by Gasteiger charge is 2.10. The minimum Gasteiger partial charge on any atom is -0.231 e. The van der Waals surface area contributed by atoms with Gasteiger partial charge in [-0.05, 0) is 25.1 Å². The van der Waals surface area contributed by atoms with Crippen LogP contribution in [0.3, 0.4) is 0 Å². The molecule has 0 fully saturated rings. The summed E-state index contributed by atoms with van der Waals surface area (Å²) in [5.74, 6) is 0.585. The quantitative estimate of drug-likeness (QED) is 0.450. The molecule has 0 bridgehead atoms. The Kier molecular flexibility index (Phi) is 4.73. The lowest BCUT2D eigenvalue weighted by atomic mass is 10.2. The first-order valence-corrected chi connectivity index (χ1v) is 7.24. The molecule has 0 atom stereocenters. The van der Waals surface area contributed by atoms with Gasteiger partial charge in [-0.3, -0.25) is 0 Å². The fourth-order valence-electron chi connectivity index (χ4n) is 1.33. The van der Waals surface area contributed by atoms with Gasteiger partial charge in [0.25, 0.3) is 0 Å². The van der Waals surface area contributed by atoms with Gasteiger partial charge in [-0.1, -0.05) is 46.6 Å². The Morgan fingerprint density at radius 1 is 1.11 bits per heavy atom. The number of hydrogen-bond donors (Lipinski definition) is 0. The van der Waals surface area contributed by atoms with E-state index in [9.17, 15) is 0 Å². The van der Waals surface area contributed by atoms with Crippen LogP contribution in [0, 0.1) is 6.92 Å². The van der Waals surface area contributed by atoms with Crippen LogP contribution in [0.2, 0.25) is 15.1 Å². The fraction of sp³-hybridized carbons (Fsp3) is 0.167. The molecule has 0 aliphatic carbocycles. The Morgan fingerprint density at radius 3 is 2.56 bits per heavy atom. The van der Waals surface area contributed by atoms with E-state index in [1.54, 1.807) is 18.3 Å². The highest BCUT2D eigenvalue weighted by molar-refractivity contribution is 7.98. The zero-order chi connectivity index (χ0) is 13.1. The SMILES string of the molecule is Cc1ccnc(SCc2c(Cl)ccc(Cl)c2Cl)n1. The van der Waals surface area contributed by atoms with Crippen molar-refractivity contribution in [3.8, 4) is 0 Å². The van der Waals surface area contributed by atoms with Crippen molar-refractivity contribution in [1.29, 1.82) is 0 Å². The summed E-state index contributed by atoms with van der Waals surface area (Å²) in [6.07, 6.45) is 1.73. The first-order valence-electron chi connectivity index (χ1n) is 5.13. The average molecular weight is 320 g/mol. The Hall–Kier alpha value is -0.480. The van der Waals surface area contributed by atoms with Gasteiger partial charge in [0.05, 0.1) is 10.0 Å². The van der Waals surface area contributed by atoms with Crippen LogP contribution in [0.15, 0.2) is 29.6 Å². The lowest BCUT2D eigenvalue weighted by Gasteiger charge is -2.07. The van der Waals surface area contributed by atoms with E-state index in [1.807, 2.05) is 13.0 Å². The lowest BCUT2D eigenvalue weighted by Crippen LogP contribution is -1.91. The molecule has 0 radical (unpaired) electrons. The number of halogens is 3. The predicted molar refractivity (Wildman–Crippen MR) is 77.8 cm³/mol. The molecule has 0 aliphatic heterocycles. The highest BCUT2D eigenvalue weighted by atomic mass is 35.5. The molecular formula is C12H9Cl3N2S. The maximum absolute atomic E-state index is 6.13. The molecule has 0 spiro atoms. The second kappa shape index (κ2) is 6.11. The maximum atomic E-state index is 6.13. The van der Waals surface area contributed by atoms with E-state index in [-0.39, 0.29) is 0 Å². The van der Waals surface area contributed by atoms with E-state index < -0.39 is 0 Å². The van der Waals surface area contributed by atoms with Crippen molar-refractivity contribution >= 4 is 46.6 Å². The van der Waals surface area contributed by atoms with Crippen LogP contribution >= 0.6 is 46.6 Å². The standard InChI is InChI=1S/C12H9Cl3N2S/c1-7-4-5-16-12(17-7)18-6-8-9(13)2-3-10(14)11(8)15/h2-5H,6H2,1H3. The van der Waals surface area contributed by atoms with Crippen molar-refractivity contribution in [3.63, 3.8) is 0 Å². The number of aryl methyl sites for hydroxylation is 1. The topological polar surface area (TPSA) is 25.8 Å². The predicted octanol–water partition coefficient (Wildman–Crippen LogP) is 5.04. The van der Waals surface area contributed by atoms with Gasteiger partial charge in [-0.15, -0.1) is 0 Å². The van der Waals surface area contributed by atoms with Crippen LogP contribution in [0.1, 0.15) is 11.3 Å². The molecule has 2 rings (SSSR count). The van der Waals surface area contributed by atoms with Gasteiger partial charge in [0.2, 0.25) is 0 Å². The van der Waals surface area contributed by atoms with Crippen LogP contribution in [-0.2, 0) is 5.75 Å². The van der Waals surface area contributed by atoms with Crippen molar-refractivity contribution in [2.75, 3.05) is 0 Å². The molecular weight excluding hydrogens is 311 g/mol. The summed E-state index contributed by atoms with van der Waals surface area (Å²) in [7, 11) is 0. The summed E-state index contributed by atoms with van der Waals surface area (Å²) in [6, 6.07) is 5.27. The van der Waals surface area contributed by atoms with Crippen molar-refractivity contribution < 1.29 is 0 Å². The van der Waals surface area contributed by atoms with Gasteiger partial charge in [0.15, 0.2) is 5.16 Å². The molecule has 0 saturated heterocycles. The zero-order valence-corrected chi connectivity index (χ0v) is 12.5. The van der Waals surface area contributed by atoms with Crippen molar-refractivity contribution in [2.24, 2.45) is 0 Å². The molecule has 2 aromatic rings. The Morgan fingerprint density at radius 2 is 1.83 bits per heavy atom. The van der Waals surface area contributed by atoms with Gasteiger partial charge >= 0.3 is 0 Å². The maximum Gasteiger partial charge on any atom is 0.188 e. The minimum atomic E-state index is 0.490. The number of hydrogen-bond acceptors (Lipinski definition) is 3. The highest BCUT2D eigenvalue weighted by Crippen LogP contribution is 2.34. The average Bonchev–Trinajstić information content (AvgIpc) is 2.34. The van der Waals surface area contributed by atoms with E-state index in [0.717, 1.165) is 11.3 Å². The monoisotopic (exact) mass is 318 g/mol. The fourth-order valence-corrected chi connectivity index (χ4v) is 3.09.